The normalized spacial score (nSPS) is 12.2. The summed E-state index contributed by atoms with van der Waals surface area (Å²) in [6.07, 6.45) is 4.45. The lowest BCUT2D eigenvalue weighted by Crippen LogP contribution is -2.21. The molecule has 1 unspecified atom stereocenters. The molecule has 0 fully saturated rings. The number of hydrogen-bond donors (Lipinski definition) is 1. The van der Waals surface area contributed by atoms with Crippen LogP contribution in [0.1, 0.15) is 34.9 Å². The maximum atomic E-state index is 11.7. The fraction of sp³-hybridized carbons (Fsp3) is 0.269. The molecule has 0 aliphatic rings. The minimum Gasteiger partial charge on any atom is -0.481 e. The number of thioether (sulfide) groups is 2. The van der Waals surface area contributed by atoms with Crippen LogP contribution in [0.2, 0.25) is 5.02 Å². The minimum absolute atomic E-state index is 0.0437. The van der Waals surface area contributed by atoms with Gasteiger partial charge in [0.05, 0.1) is 17.6 Å². The Bertz CT molecular complexity index is 1180. The van der Waals surface area contributed by atoms with Crippen LogP contribution in [0.5, 0.6) is 0 Å². The monoisotopic (exact) mass is 514 g/mol. The van der Waals surface area contributed by atoms with Crippen molar-refractivity contribution in [2.75, 3.05) is 24.9 Å². The van der Waals surface area contributed by atoms with Crippen molar-refractivity contribution in [1.82, 2.24) is 9.88 Å². The van der Waals surface area contributed by atoms with Crippen LogP contribution in [0.25, 0.3) is 23.1 Å². The molecule has 0 saturated carbocycles. The summed E-state index contributed by atoms with van der Waals surface area (Å²) >= 11 is 9.34. The number of halogens is 1. The molecular formula is C26H27ClN2O3S2. The molecule has 0 aliphatic heterocycles. The van der Waals surface area contributed by atoms with Gasteiger partial charge in [0.15, 0.2) is 0 Å². The van der Waals surface area contributed by atoms with Gasteiger partial charge in [-0.2, -0.15) is 11.8 Å². The van der Waals surface area contributed by atoms with Crippen molar-refractivity contribution in [1.29, 1.82) is 0 Å². The van der Waals surface area contributed by atoms with Gasteiger partial charge in [-0.15, -0.1) is 11.8 Å². The number of nitrogens with zero attached hydrogens (tertiary/aromatic N) is 2. The molecule has 178 valence electrons. The highest BCUT2D eigenvalue weighted by atomic mass is 35.5. The van der Waals surface area contributed by atoms with Crippen molar-refractivity contribution in [3.63, 3.8) is 0 Å². The summed E-state index contributed by atoms with van der Waals surface area (Å²) in [5.74, 6) is -0.00960. The van der Waals surface area contributed by atoms with Crippen molar-refractivity contribution >= 4 is 70.1 Å². The molecule has 5 nitrogen and oxygen atoms in total. The highest BCUT2D eigenvalue weighted by molar-refractivity contribution is 8.16. The van der Waals surface area contributed by atoms with E-state index in [-0.39, 0.29) is 17.6 Å². The van der Waals surface area contributed by atoms with Crippen molar-refractivity contribution in [2.24, 2.45) is 0 Å². The van der Waals surface area contributed by atoms with Crippen LogP contribution >= 0.6 is 35.1 Å². The molecule has 0 saturated heterocycles. The molecule has 1 heterocycles. The molecule has 3 rings (SSSR count). The van der Waals surface area contributed by atoms with Crippen molar-refractivity contribution in [3.8, 4) is 0 Å². The summed E-state index contributed by atoms with van der Waals surface area (Å²) in [6.45, 7) is 0. The zero-order chi connectivity index (χ0) is 24.5. The number of benzene rings is 2. The second kappa shape index (κ2) is 12.8. The van der Waals surface area contributed by atoms with Crippen LogP contribution in [-0.2, 0) is 9.59 Å². The van der Waals surface area contributed by atoms with Crippen LogP contribution in [0, 0.1) is 0 Å². The predicted molar refractivity (Wildman–Crippen MR) is 145 cm³/mol. The van der Waals surface area contributed by atoms with E-state index < -0.39 is 5.97 Å². The average Bonchev–Trinajstić information content (AvgIpc) is 2.81. The Hall–Kier alpha value is -2.48. The predicted octanol–water partition coefficient (Wildman–Crippen LogP) is 6.48. The number of carboxylic acids is 1. The van der Waals surface area contributed by atoms with Gasteiger partial charge in [-0.3, -0.25) is 9.59 Å². The average molecular weight is 515 g/mol. The smallest absolute Gasteiger partial charge is 0.304 e. The maximum Gasteiger partial charge on any atom is 0.304 e. The van der Waals surface area contributed by atoms with E-state index in [1.807, 2.05) is 66.7 Å². The molecule has 1 aromatic heterocycles. The highest BCUT2D eigenvalue weighted by Gasteiger charge is 2.16. The SMILES string of the molecule is CN(C)C(=O)CCSCSC(CC(=O)O)c1cccc(C=Cc2ccc3ccc(Cl)cc3n2)c1. The van der Waals surface area contributed by atoms with Gasteiger partial charge in [0, 0.05) is 47.0 Å². The molecule has 0 bridgehead atoms. The number of aromatic nitrogens is 1. The quantitative estimate of drug-likeness (QED) is 0.233. The Labute approximate surface area is 213 Å². The number of carbonyl (C=O) groups is 2. The third kappa shape index (κ3) is 8.08. The highest BCUT2D eigenvalue weighted by Crippen LogP contribution is 2.35. The molecule has 34 heavy (non-hydrogen) atoms. The Morgan fingerprint density at radius 2 is 1.91 bits per heavy atom. The van der Waals surface area contributed by atoms with E-state index in [0.29, 0.717) is 11.4 Å². The van der Waals surface area contributed by atoms with Crippen LogP contribution in [-0.4, -0.2) is 51.8 Å². The van der Waals surface area contributed by atoms with Gasteiger partial charge in [0.25, 0.3) is 0 Å². The number of amides is 1. The number of carbonyl (C=O) groups excluding carboxylic acids is 1. The van der Waals surface area contributed by atoms with Crippen molar-refractivity contribution in [2.45, 2.75) is 18.1 Å². The summed E-state index contributed by atoms with van der Waals surface area (Å²) in [5, 5.41) is 11.6. The molecule has 0 aliphatic carbocycles. The summed E-state index contributed by atoms with van der Waals surface area (Å²) in [5.41, 5.74) is 3.61. The molecule has 3 aromatic rings. The number of rotatable bonds is 11. The summed E-state index contributed by atoms with van der Waals surface area (Å²) in [4.78, 5) is 29.4. The first-order valence-corrected chi connectivity index (χ1v) is 13.4. The lowest BCUT2D eigenvalue weighted by atomic mass is 10.1. The van der Waals surface area contributed by atoms with E-state index in [0.717, 1.165) is 38.6 Å². The summed E-state index contributed by atoms with van der Waals surface area (Å²) < 4.78 is 0. The lowest BCUT2D eigenvalue weighted by Gasteiger charge is -2.16. The fourth-order valence-electron chi connectivity index (χ4n) is 3.25. The minimum atomic E-state index is -0.828. The van der Waals surface area contributed by atoms with Gasteiger partial charge < -0.3 is 10.0 Å². The Morgan fingerprint density at radius 1 is 1.12 bits per heavy atom. The first kappa shape index (κ1) is 26.1. The van der Waals surface area contributed by atoms with Crippen LogP contribution in [0.4, 0.5) is 0 Å². The van der Waals surface area contributed by atoms with E-state index in [2.05, 4.69) is 4.98 Å². The van der Waals surface area contributed by atoms with Gasteiger partial charge in [-0.05, 0) is 35.4 Å². The van der Waals surface area contributed by atoms with Gasteiger partial charge >= 0.3 is 5.97 Å². The van der Waals surface area contributed by atoms with Crippen LogP contribution in [0.15, 0.2) is 54.6 Å². The second-order valence-electron chi connectivity index (χ2n) is 7.89. The second-order valence-corrected chi connectivity index (χ2v) is 11.0. The van der Waals surface area contributed by atoms with E-state index in [4.69, 9.17) is 11.6 Å². The molecule has 0 radical (unpaired) electrons. The topological polar surface area (TPSA) is 70.5 Å². The van der Waals surface area contributed by atoms with E-state index in [9.17, 15) is 14.7 Å². The van der Waals surface area contributed by atoms with Gasteiger partial charge in [0.1, 0.15) is 0 Å². The van der Waals surface area contributed by atoms with E-state index in [1.165, 1.54) is 0 Å². The standard InChI is InChI=1S/C26H27ClN2O3S2/c1-29(2)25(30)12-13-33-17-34-24(16-26(31)32)20-5-3-4-18(14-20)6-10-22-11-8-19-7-9-21(27)15-23(19)28-22/h3-11,14-15,24H,12-13,16-17H2,1-2H3,(H,31,32). The third-order valence-corrected chi connectivity index (χ3v) is 7.86. The Balaban J connectivity index is 1.66. The lowest BCUT2D eigenvalue weighted by molar-refractivity contribution is -0.137. The molecule has 0 spiro atoms. The molecular weight excluding hydrogens is 488 g/mol. The molecule has 8 heteroatoms. The van der Waals surface area contributed by atoms with Gasteiger partial charge in [-0.25, -0.2) is 4.98 Å². The third-order valence-electron chi connectivity index (χ3n) is 5.08. The number of fused-ring (bicyclic) bond motifs is 1. The first-order chi connectivity index (χ1) is 16.3. The first-order valence-electron chi connectivity index (χ1n) is 10.8. The maximum absolute atomic E-state index is 11.7. The van der Waals surface area contributed by atoms with Gasteiger partial charge in [0.2, 0.25) is 5.91 Å². The van der Waals surface area contributed by atoms with Crippen molar-refractivity contribution in [3.05, 3.63) is 76.4 Å². The Morgan fingerprint density at radius 3 is 2.68 bits per heavy atom. The largest absolute Gasteiger partial charge is 0.481 e. The molecule has 1 N–H and O–H groups in total. The Kier molecular flexibility index (Phi) is 9.86. The summed E-state index contributed by atoms with van der Waals surface area (Å²) in [7, 11) is 3.50. The zero-order valence-corrected chi connectivity index (χ0v) is 21.5. The number of carboxylic acid groups (broad SMARTS) is 1. The number of aliphatic carboxylic acids is 1. The molecule has 2 aromatic carbocycles. The molecule has 1 amide bonds. The molecule has 1 atom stereocenters. The van der Waals surface area contributed by atoms with Gasteiger partial charge in [-0.1, -0.05) is 54.1 Å². The van der Waals surface area contributed by atoms with Crippen LogP contribution in [0.3, 0.4) is 0 Å². The number of hydrogen-bond acceptors (Lipinski definition) is 5. The number of pyridine rings is 1. The van der Waals surface area contributed by atoms with E-state index in [1.54, 1.807) is 42.5 Å². The van der Waals surface area contributed by atoms with E-state index >= 15 is 0 Å². The summed E-state index contributed by atoms with van der Waals surface area (Å²) in [6, 6.07) is 17.5. The zero-order valence-electron chi connectivity index (χ0n) is 19.1. The fourth-order valence-corrected chi connectivity index (χ4v) is 5.85. The van der Waals surface area contributed by atoms with Crippen LogP contribution < -0.4 is 0 Å². The van der Waals surface area contributed by atoms with Crippen molar-refractivity contribution < 1.29 is 14.7 Å².